The Kier molecular flexibility index (Phi) is 7.41. The van der Waals surface area contributed by atoms with Crippen molar-refractivity contribution in [2.45, 2.75) is 13.8 Å². The van der Waals surface area contributed by atoms with Gasteiger partial charge in [-0.25, -0.2) is 9.97 Å². The molecule has 0 bridgehead atoms. The molecule has 0 atom stereocenters. The maximum Gasteiger partial charge on any atom is 0.254 e. The number of amides is 1. The third-order valence-corrected chi connectivity index (χ3v) is 1.99. The van der Waals surface area contributed by atoms with Gasteiger partial charge in [-0.3, -0.25) is 4.79 Å². The molecule has 0 saturated heterocycles. The number of carbonyl (C=O) groups is 1. The third-order valence-electron chi connectivity index (χ3n) is 1.99. The predicted molar refractivity (Wildman–Crippen MR) is 64.9 cm³/mol. The second-order valence-electron chi connectivity index (χ2n) is 3.13. The highest BCUT2D eigenvalue weighted by molar-refractivity contribution is 5.94. The van der Waals surface area contributed by atoms with E-state index < -0.39 is 0 Å². The van der Waals surface area contributed by atoms with Crippen molar-refractivity contribution in [2.75, 3.05) is 19.6 Å². The van der Waals surface area contributed by atoms with Gasteiger partial charge in [0.25, 0.3) is 5.91 Å². The van der Waals surface area contributed by atoms with Crippen LogP contribution in [0.1, 0.15) is 23.0 Å². The van der Waals surface area contributed by atoms with E-state index in [1.54, 1.807) is 6.92 Å². The number of aromatic nitrogens is 2. The quantitative estimate of drug-likeness (QED) is 0.743. The van der Waals surface area contributed by atoms with E-state index in [1.165, 1.54) is 12.5 Å². The van der Waals surface area contributed by atoms with Crippen molar-refractivity contribution in [1.29, 1.82) is 0 Å². The number of hydrogen-bond donors (Lipinski definition) is 2. The van der Waals surface area contributed by atoms with Crippen molar-refractivity contribution in [1.82, 2.24) is 20.6 Å². The summed E-state index contributed by atoms with van der Waals surface area (Å²) in [6.45, 7) is 6.11. The molecule has 6 heteroatoms. The van der Waals surface area contributed by atoms with Gasteiger partial charge in [-0.15, -0.1) is 12.4 Å². The first kappa shape index (κ1) is 14.8. The van der Waals surface area contributed by atoms with Crippen LogP contribution in [0.3, 0.4) is 0 Å². The minimum atomic E-state index is -0.119. The summed E-state index contributed by atoms with van der Waals surface area (Å²) in [5.41, 5.74) is 1.24. The minimum Gasteiger partial charge on any atom is -0.351 e. The Hall–Kier alpha value is -1.20. The van der Waals surface area contributed by atoms with Crippen molar-refractivity contribution in [3.63, 3.8) is 0 Å². The molecule has 0 radical (unpaired) electrons. The van der Waals surface area contributed by atoms with Gasteiger partial charge in [-0.1, -0.05) is 6.92 Å². The normalized spacial score (nSPS) is 9.38. The molecule has 0 fully saturated rings. The molecule has 1 heterocycles. The van der Waals surface area contributed by atoms with E-state index in [0.717, 1.165) is 13.1 Å². The Morgan fingerprint density at radius 2 is 2.19 bits per heavy atom. The molecule has 1 rings (SSSR count). The highest BCUT2D eigenvalue weighted by Crippen LogP contribution is 2.00. The highest BCUT2D eigenvalue weighted by Gasteiger charge is 2.08. The Morgan fingerprint density at radius 3 is 2.81 bits per heavy atom. The molecule has 0 spiro atoms. The van der Waals surface area contributed by atoms with E-state index in [-0.39, 0.29) is 18.3 Å². The first-order valence-electron chi connectivity index (χ1n) is 5.01. The summed E-state index contributed by atoms with van der Waals surface area (Å²) in [6, 6.07) is 0. The zero-order valence-corrected chi connectivity index (χ0v) is 10.3. The lowest BCUT2D eigenvalue weighted by Gasteiger charge is -2.06. The number of aryl methyl sites for hydroxylation is 1. The maximum absolute atomic E-state index is 11.6. The van der Waals surface area contributed by atoms with Crippen molar-refractivity contribution >= 4 is 18.3 Å². The number of rotatable bonds is 5. The fourth-order valence-electron chi connectivity index (χ4n) is 1.15. The molecule has 0 aromatic carbocycles. The standard InChI is InChI=1S/C10H16N4O.ClH/c1-3-11-4-5-13-10(15)9-6-12-7-14-8(9)2;/h6-7,11H,3-5H2,1-2H3,(H,13,15);1H. The van der Waals surface area contributed by atoms with Crippen molar-refractivity contribution in [2.24, 2.45) is 0 Å². The second kappa shape index (κ2) is 8.01. The van der Waals surface area contributed by atoms with Gasteiger partial charge in [-0.05, 0) is 13.5 Å². The summed E-state index contributed by atoms with van der Waals surface area (Å²) in [6.07, 6.45) is 2.97. The van der Waals surface area contributed by atoms with Crippen LogP contribution in [0.25, 0.3) is 0 Å². The van der Waals surface area contributed by atoms with Crippen LogP contribution in [-0.4, -0.2) is 35.5 Å². The first-order valence-corrected chi connectivity index (χ1v) is 5.01. The number of likely N-dealkylation sites (N-methyl/N-ethyl adjacent to an activating group) is 1. The van der Waals surface area contributed by atoms with E-state index >= 15 is 0 Å². The van der Waals surface area contributed by atoms with E-state index in [9.17, 15) is 4.79 Å². The lowest BCUT2D eigenvalue weighted by molar-refractivity contribution is 0.0952. The van der Waals surface area contributed by atoms with Gasteiger partial charge in [0.2, 0.25) is 0 Å². The van der Waals surface area contributed by atoms with Crippen LogP contribution < -0.4 is 10.6 Å². The van der Waals surface area contributed by atoms with Crippen LogP contribution in [0.2, 0.25) is 0 Å². The molecule has 1 amide bonds. The van der Waals surface area contributed by atoms with E-state index in [0.29, 0.717) is 17.8 Å². The first-order chi connectivity index (χ1) is 7.25. The number of halogens is 1. The van der Waals surface area contributed by atoms with Gasteiger partial charge < -0.3 is 10.6 Å². The smallest absolute Gasteiger partial charge is 0.254 e. The van der Waals surface area contributed by atoms with Crippen LogP contribution in [0.5, 0.6) is 0 Å². The van der Waals surface area contributed by atoms with E-state index in [4.69, 9.17) is 0 Å². The zero-order valence-electron chi connectivity index (χ0n) is 9.49. The minimum absolute atomic E-state index is 0. The lowest BCUT2D eigenvalue weighted by Crippen LogP contribution is -2.32. The monoisotopic (exact) mass is 244 g/mol. The molecular weight excluding hydrogens is 228 g/mol. The Labute approximate surface area is 101 Å². The van der Waals surface area contributed by atoms with Gasteiger partial charge in [-0.2, -0.15) is 0 Å². The largest absolute Gasteiger partial charge is 0.351 e. The fraction of sp³-hybridized carbons (Fsp3) is 0.500. The van der Waals surface area contributed by atoms with Crippen LogP contribution in [0.4, 0.5) is 0 Å². The van der Waals surface area contributed by atoms with Crippen molar-refractivity contribution in [3.05, 3.63) is 23.8 Å². The summed E-state index contributed by atoms with van der Waals surface area (Å²) >= 11 is 0. The van der Waals surface area contributed by atoms with Crippen molar-refractivity contribution in [3.8, 4) is 0 Å². The number of hydrogen-bond acceptors (Lipinski definition) is 4. The van der Waals surface area contributed by atoms with Gasteiger partial charge >= 0.3 is 0 Å². The number of nitrogens with zero attached hydrogens (tertiary/aromatic N) is 2. The van der Waals surface area contributed by atoms with Crippen LogP contribution in [0, 0.1) is 6.92 Å². The molecule has 0 unspecified atom stereocenters. The SMILES string of the molecule is CCNCCNC(=O)c1cncnc1C.Cl. The zero-order chi connectivity index (χ0) is 11.1. The predicted octanol–water partition coefficient (Wildman–Crippen LogP) is 0.546. The highest BCUT2D eigenvalue weighted by atomic mass is 35.5. The van der Waals surface area contributed by atoms with Gasteiger partial charge in [0, 0.05) is 19.3 Å². The average Bonchev–Trinajstić information content (AvgIpc) is 2.25. The van der Waals surface area contributed by atoms with E-state index in [2.05, 4.69) is 20.6 Å². The number of carbonyl (C=O) groups excluding carboxylic acids is 1. The lowest BCUT2D eigenvalue weighted by atomic mass is 10.2. The molecule has 2 N–H and O–H groups in total. The van der Waals surface area contributed by atoms with Gasteiger partial charge in [0.15, 0.2) is 0 Å². The molecule has 0 aliphatic rings. The third kappa shape index (κ3) is 4.55. The molecule has 0 aliphatic carbocycles. The summed E-state index contributed by atoms with van der Waals surface area (Å²) in [7, 11) is 0. The Morgan fingerprint density at radius 1 is 1.44 bits per heavy atom. The molecule has 16 heavy (non-hydrogen) atoms. The Bertz CT molecular complexity index is 332. The van der Waals surface area contributed by atoms with Crippen LogP contribution in [-0.2, 0) is 0 Å². The Balaban J connectivity index is 0.00000225. The molecule has 1 aromatic rings. The summed E-state index contributed by atoms with van der Waals surface area (Å²) in [5.74, 6) is -0.119. The van der Waals surface area contributed by atoms with Crippen molar-refractivity contribution < 1.29 is 4.79 Å². The summed E-state index contributed by atoms with van der Waals surface area (Å²) < 4.78 is 0. The molecule has 90 valence electrons. The molecular formula is C10H17ClN4O. The van der Waals surface area contributed by atoms with Crippen LogP contribution >= 0.6 is 12.4 Å². The molecule has 5 nitrogen and oxygen atoms in total. The maximum atomic E-state index is 11.6. The van der Waals surface area contributed by atoms with Gasteiger partial charge in [0.1, 0.15) is 6.33 Å². The van der Waals surface area contributed by atoms with E-state index in [1.807, 2.05) is 6.92 Å². The summed E-state index contributed by atoms with van der Waals surface area (Å²) in [5, 5.41) is 5.92. The molecule has 0 aliphatic heterocycles. The molecule has 1 aromatic heterocycles. The second-order valence-corrected chi connectivity index (χ2v) is 3.13. The number of nitrogens with one attached hydrogen (secondary N) is 2. The topological polar surface area (TPSA) is 66.9 Å². The summed E-state index contributed by atoms with van der Waals surface area (Å²) in [4.78, 5) is 19.4. The van der Waals surface area contributed by atoms with Gasteiger partial charge in [0.05, 0.1) is 11.3 Å². The van der Waals surface area contributed by atoms with Crippen LogP contribution in [0.15, 0.2) is 12.5 Å². The fourth-order valence-corrected chi connectivity index (χ4v) is 1.15. The average molecular weight is 245 g/mol. The molecule has 0 saturated carbocycles.